The monoisotopic (exact) mass is 251 g/mol. The third-order valence-corrected chi connectivity index (χ3v) is 3.20. The van der Waals surface area contributed by atoms with E-state index in [0.717, 1.165) is 17.9 Å². The lowest BCUT2D eigenvalue weighted by Crippen LogP contribution is -2.32. The Hall–Kier alpha value is -1.13. The van der Waals surface area contributed by atoms with Gasteiger partial charge >= 0.3 is 0 Å². The van der Waals surface area contributed by atoms with Crippen LogP contribution in [-0.2, 0) is 4.74 Å². The van der Waals surface area contributed by atoms with Gasteiger partial charge in [-0.15, -0.1) is 0 Å². The zero-order valence-corrected chi connectivity index (χ0v) is 12.1. The highest BCUT2D eigenvalue weighted by Gasteiger charge is 2.11. The molecule has 1 N–H and O–H groups in total. The normalized spacial score (nSPS) is 14.3. The lowest BCUT2D eigenvalue weighted by Gasteiger charge is -2.26. The molecule has 0 saturated heterocycles. The minimum absolute atomic E-state index is 0.297. The number of methoxy groups -OCH3 is 1. The molecule has 102 valence electrons. The van der Waals surface area contributed by atoms with Gasteiger partial charge in [-0.25, -0.2) is 0 Å². The van der Waals surface area contributed by atoms with Crippen LogP contribution in [0.4, 0.5) is 5.69 Å². The molecule has 0 fully saturated rings. The van der Waals surface area contributed by atoms with Gasteiger partial charge in [0.25, 0.3) is 0 Å². The minimum atomic E-state index is 0.297. The van der Waals surface area contributed by atoms with E-state index in [-0.39, 0.29) is 0 Å². The number of ether oxygens (including phenoxy) is 1. The Kier molecular flexibility index (Phi) is 6.09. The molecular formula is C14H25N3O. The molecule has 0 spiro atoms. The van der Waals surface area contributed by atoms with Crippen molar-refractivity contribution in [3.63, 3.8) is 0 Å². The summed E-state index contributed by atoms with van der Waals surface area (Å²) in [7, 11) is 3.79. The fourth-order valence-corrected chi connectivity index (χ4v) is 1.88. The smallest absolute Gasteiger partial charge is 0.0663 e. The zero-order valence-electron chi connectivity index (χ0n) is 12.1. The second kappa shape index (κ2) is 7.34. The van der Waals surface area contributed by atoms with Crippen LogP contribution in [0.5, 0.6) is 0 Å². The third-order valence-electron chi connectivity index (χ3n) is 3.20. The van der Waals surface area contributed by atoms with Gasteiger partial charge in [-0.05, 0) is 32.5 Å². The van der Waals surface area contributed by atoms with Gasteiger partial charge < -0.3 is 15.0 Å². The molecule has 0 radical (unpaired) electrons. The van der Waals surface area contributed by atoms with Crippen molar-refractivity contribution in [1.29, 1.82) is 0 Å². The van der Waals surface area contributed by atoms with E-state index in [2.05, 4.69) is 55.2 Å². The number of nitrogens with zero attached hydrogens (tertiary/aromatic N) is 2. The fourth-order valence-electron chi connectivity index (χ4n) is 1.88. The summed E-state index contributed by atoms with van der Waals surface area (Å²) < 4.78 is 5.17. The molecule has 0 aliphatic carbocycles. The van der Waals surface area contributed by atoms with E-state index in [1.54, 1.807) is 7.11 Å². The maximum Gasteiger partial charge on any atom is 0.0663 e. The van der Waals surface area contributed by atoms with Gasteiger partial charge in [0, 0.05) is 26.2 Å². The number of rotatable bonds is 7. The first-order valence-corrected chi connectivity index (χ1v) is 6.51. The largest absolute Gasteiger partial charge is 0.383 e. The van der Waals surface area contributed by atoms with Crippen LogP contribution in [-0.4, -0.2) is 38.3 Å². The van der Waals surface area contributed by atoms with Gasteiger partial charge in [-0.1, -0.05) is 6.92 Å². The second-order valence-corrected chi connectivity index (χ2v) is 4.64. The van der Waals surface area contributed by atoms with E-state index in [0.29, 0.717) is 18.7 Å². The topological polar surface area (TPSA) is 37.4 Å². The molecule has 0 aromatic carbocycles. The molecule has 0 aliphatic rings. The molecule has 0 aliphatic heterocycles. The summed E-state index contributed by atoms with van der Waals surface area (Å²) in [4.78, 5) is 6.69. The van der Waals surface area contributed by atoms with Crippen LogP contribution in [0.25, 0.3) is 0 Å². The Bertz CT molecular complexity index is 339. The Labute approximate surface area is 110 Å². The van der Waals surface area contributed by atoms with Crippen molar-refractivity contribution in [3.8, 4) is 0 Å². The Morgan fingerprint density at radius 1 is 1.39 bits per heavy atom. The molecule has 1 rings (SSSR count). The van der Waals surface area contributed by atoms with Crippen molar-refractivity contribution in [3.05, 3.63) is 24.0 Å². The number of hydrogen-bond acceptors (Lipinski definition) is 4. The number of hydrogen-bond donors (Lipinski definition) is 1. The van der Waals surface area contributed by atoms with Crippen molar-refractivity contribution >= 4 is 5.69 Å². The summed E-state index contributed by atoms with van der Waals surface area (Å²) in [6.07, 6.45) is 1.93. The summed E-state index contributed by atoms with van der Waals surface area (Å²) >= 11 is 0. The molecular weight excluding hydrogens is 226 g/mol. The summed E-state index contributed by atoms with van der Waals surface area (Å²) in [6.45, 7) is 8.04. The van der Waals surface area contributed by atoms with Gasteiger partial charge in [0.05, 0.1) is 24.2 Å². The predicted molar refractivity (Wildman–Crippen MR) is 76.1 cm³/mol. The molecule has 0 saturated carbocycles. The van der Waals surface area contributed by atoms with E-state index in [1.807, 2.05) is 6.20 Å². The standard InChI is InChI=1S/C14H25N3O/c1-6-15-12(3)14-8-7-13(9-16-14)17(4)11(2)10-18-5/h7-9,11-12,15H,6,10H2,1-5H3. The maximum atomic E-state index is 5.17. The van der Waals surface area contributed by atoms with E-state index in [4.69, 9.17) is 4.74 Å². The molecule has 0 amide bonds. The lowest BCUT2D eigenvalue weighted by molar-refractivity contribution is 0.183. The van der Waals surface area contributed by atoms with E-state index in [9.17, 15) is 0 Å². The van der Waals surface area contributed by atoms with Crippen molar-refractivity contribution in [1.82, 2.24) is 10.3 Å². The first-order chi connectivity index (χ1) is 8.60. The molecule has 2 unspecified atom stereocenters. The minimum Gasteiger partial charge on any atom is -0.383 e. The first kappa shape index (κ1) is 14.9. The summed E-state index contributed by atoms with van der Waals surface area (Å²) in [5.41, 5.74) is 2.19. The lowest BCUT2D eigenvalue weighted by atomic mass is 10.2. The van der Waals surface area contributed by atoms with Crippen LogP contribution < -0.4 is 10.2 Å². The van der Waals surface area contributed by atoms with Crippen LogP contribution in [0.15, 0.2) is 18.3 Å². The molecule has 4 heteroatoms. The fraction of sp³-hybridized carbons (Fsp3) is 0.643. The number of likely N-dealkylation sites (N-methyl/N-ethyl adjacent to an activating group) is 1. The van der Waals surface area contributed by atoms with Crippen molar-refractivity contribution in [2.24, 2.45) is 0 Å². The summed E-state index contributed by atoms with van der Waals surface area (Å²) in [5.74, 6) is 0. The van der Waals surface area contributed by atoms with Crippen molar-refractivity contribution < 1.29 is 4.74 Å². The van der Waals surface area contributed by atoms with Gasteiger partial charge in [0.15, 0.2) is 0 Å². The maximum absolute atomic E-state index is 5.17. The van der Waals surface area contributed by atoms with Crippen LogP contribution in [0.3, 0.4) is 0 Å². The molecule has 1 aromatic rings. The highest BCUT2D eigenvalue weighted by molar-refractivity contribution is 5.44. The van der Waals surface area contributed by atoms with Crippen molar-refractivity contribution in [2.75, 3.05) is 32.2 Å². The summed E-state index contributed by atoms with van der Waals surface area (Å²) in [5, 5.41) is 3.36. The second-order valence-electron chi connectivity index (χ2n) is 4.64. The number of pyridine rings is 1. The van der Waals surface area contributed by atoms with Gasteiger partial charge in [-0.2, -0.15) is 0 Å². The Balaban J connectivity index is 2.70. The molecule has 2 atom stereocenters. The quantitative estimate of drug-likeness (QED) is 0.806. The number of nitrogens with one attached hydrogen (secondary N) is 1. The molecule has 4 nitrogen and oxygen atoms in total. The Morgan fingerprint density at radius 3 is 2.61 bits per heavy atom. The van der Waals surface area contributed by atoms with Gasteiger partial charge in [-0.3, -0.25) is 4.98 Å². The highest BCUT2D eigenvalue weighted by Crippen LogP contribution is 2.17. The average molecular weight is 251 g/mol. The van der Waals surface area contributed by atoms with E-state index in [1.165, 1.54) is 0 Å². The van der Waals surface area contributed by atoms with Gasteiger partial charge in [0.2, 0.25) is 0 Å². The van der Waals surface area contributed by atoms with E-state index < -0.39 is 0 Å². The molecule has 1 heterocycles. The van der Waals surface area contributed by atoms with Crippen LogP contribution >= 0.6 is 0 Å². The van der Waals surface area contributed by atoms with Crippen LogP contribution in [0.2, 0.25) is 0 Å². The number of aromatic nitrogens is 1. The molecule has 18 heavy (non-hydrogen) atoms. The Morgan fingerprint density at radius 2 is 2.11 bits per heavy atom. The zero-order chi connectivity index (χ0) is 13.5. The molecule has 0 bridgehead atoms. The van der Waals surface area contributed by atoms with E-state index >= 15 is 0 Å². The van der Waals surface area contributed by atoms with Gasteiger partial charge in [0.1, 0.15) is 0 Å². The van der Waals surface area contributed by atoms with Crippen LogP contribution in [0.1, 0.15) is 32.5 Å². The first-order valence-electron chi connectivity index (χ1n) is 6.51. The molecule has 1 aromatic heterocycles. The number of anilines is 1. The predicted octanol–water partition coefficient (Wildman–Crippen LogP) is 2.22. The van der Waals surface area contributed by atoms with Crippen molar-refractivity contribution in [2.45, 2.75) is 32.9 Å². The SMILES string of the molecule is CCNC(C)c1ccc(N(C)C(C)COC)cn1. The van der Waals surface area contributed by atoms with Crippen LogP contribution in [0, 0.1) is 0 Å². The third kappa shape index (κ3) is 3.96. The summed E-state index contributed by atoms with van der Waals surface area (Å²) in [6, 6.07) is 4.83. The highest BCUT2D eigenvalue weighted by atomic mass is 16.5. The average Bonchev–Trinajstić information content (AvgIpc) is 2.38.